The molecule has 6 N–H and O–H groups in total. The maximum absolute atomic E-state index is 13.9. The highest BCUT2D eigenvalue weighted by atomic mass is 19.1. The van der Waals surface area contributed by atoms with Crippen molar-refractivity contribution in [2.24, 2.45) is 4.99 Å². The van der Waals surface area contributed by atoms with Crippen LogP contribution in [0.2, 0.25) is 0 Å². The summed E-state index contributed by atoms with van der Waals surface area (Å²) < 4.78 is 13.9. The van der Waals surface area contributed by atoms with E-state index in [0.717, 1.165) is 22.3 Å². The van der Waals surface area contributed by atoms with Gasteiger partial charge in [0.25, 0.3) is 0 Å². The van der Waals surface area contributed by atoms with Crippen LogP contribution < -0.4 is 22.1 Å². The first-order valence-corrected chi connectivity index (χ1v) is 9.28. The van der Waals surface area contributed by atoms with Gasteiger partial charge in [0, 0.05) is 5.56 Å². The average Bonchev–Trinajstić information content (AvgIpc) is 2.75. The van der Waals surface area contributed by atoms with Crippen molar-refractivity contribution in [3.05, 3.63) is 70.5 Å². The Balaban J connectivity index is 1.91. The molecule has 0 bridgehead atoms. The number of nitrogen functional groups attached to an aromatic ring is 2. The van der Waals surface area contributed by atoms with Crippen LogP contribution in [0.3, 0.4) is 0 Å². The van der Waals surface area contributed by atoms with Crippen LogP contribution in [0.15, 0.2) is 47.5 Å². The van der Waals surface area contributed by atoms with Crippen molar-refractivity contribution in [1.82, 2.24) is 10.3 Å². The number of fused-ring (bicyclic) bond motifs is 1. The number of anilines is 3. The van der Waals surface area contributed by atoms with Gasteiger partial charge in [-0.15, -0.1) is 0 Å². The molecule has 0 aliphatic carbocycles. The molecule has 0 saturated heterocycles. The fourth-order valence-electron chi connectivity index (χ4n) is 3.60. The Morgan fingerprint density at radius 2 is 1.97 bits per heavy atom. The molecule has 4 rings (SSSR count). The first-order chi connectivity index (χ1) is 14.9. The lowest BCUT2D eigenvalue weighted by atomic mass is 9.92. The highest BCUT2D eigenvalue weighted by Gasteiger charge is 2.29. The number of pyridine rings is 1. The Kier molecular flexibility index (Phi) is 4.86. The highest BCUT2D eigenvalue weighted by Crippen LogP contribution is 2.41. The van der Waals surface area contributed by atoms with Gasteiger partial charge in [-0.3, -0.25) is 5.32 Å². The summed E-state index contributed by atoms with van der Waals surface area (Å²) in [6, 6.07) is 13.3. The maximum Gasteiger partial charge on any atom is 0.211 e. The van der Waals surface area contributed by atoms with E-state index in [-0.39, 0.29) is 28.8 Å². The molecule has 1 atom stereocenters. The minimum absolute atomic E-state index is 0.0210. The predicted octanol–water partition coefficient (Wildman–Crippen LogP) is 3.17. The standard InChI is InChI=1S/C22H17FN8/c1-11-5-6-14(23)8-15(11)12-3-2-4-13(7-12)19-17-18(26)16(9-24)20(27)30-21(17)31-22(29-19)28-10-25/h2-8,19H,1H3,(H6,26,27,28,29,30,31). The van der Waals surface area contributed by atoms with Gasteiger partial charge >= 0.3 is 0 Å². The molecule has 1 aliphatic rings. The molecule has 0 radical (unpaired) electrons. The Hall–Kier alpha value is -4.63. The first-order valence-electron chi connectivity index (χ1n) is 9.28. The molecule has 1 aromatic heterocycles. The summed E-state index contributed by atoms with van der Waals surface area (Å²) in [5.41, 5.74) is 16.0. The third-order valence-electron chi connectivity index (χ3n) is 5.07. The van der Waals surface area contributed by atoms with E-state index < -0.39 is 6.04 Å². The number of nitriles is 2. The predicted molar refractivity (Wildman–Crippen MR) is 116 cm³/mol. The highest BCUT2D eigenvalue weighted by molar-refractivity contribution is 5.98. The number of benzene rings is 2. The molecule has 0 fully saturated rings. The zero-order valence-corrected chi connectivity index (χ0v) is 16.4. The number of nitrogens with two attached hydrogens (primary N) is 2. The number of hydrogen-bond donors (Lipinski definition) is 4. The van der Waals surface area contributed by atoms with Gasteiger partial charge in [0.1, 0.15) is 35.1 Å². The van der Waals surface area contributed by atoms with Gasteiger partial charge < -0.3 is 16.8 Å². The quantitative estimate of drug-likeness (QED) is 0.373. The SMILES string of the molecule is Cc1ccc(F)cc1-c1cccc(C2N=C(NC#N)Nc3nc(N)c(C#N)c(N)c32)c1. The third kappa shape index (κ3) is 3.45. The number of guanidine groups is 1. The second kappa shape index (κ2) is 7.65. The zero-order valence-electron chi connectivity index (χ0n) is 16.4. The molecule has 2 aromatic carbocycles. The van der Waals surface area contributed by atoms with Crippen LogP contribution in [0, 0.1) is 35.5 Å². The molecule has 31 heavy (non-hydrogen) atoms. The van der Waals surface area contributed by atoms with Crippen molar-refractivity contribution in [2.45, 2.75) is 13.0 Å². The number of nitrogens with one attached hydrogen (secondary N) is 2. The second-order valence-corrected chi connectivity index (χ2v) is 6.99. The van der Waals surface area contributed by atoms with Gasteiger partial charge in [-0.05, 0) is 47.4 Å². The lowest BCUT2D eigenvalue weighted by molar-refractivity contribution is 0.628. The molecule has 0 saturated carbocycles. The lowest BCUT2D eigenvalue weighted by Crippen LogP contribution is -2.32. The minimum Gasteiger partial charge on any atom is -0.397 e. The monoisotopic (exact) mass is 412 g/mol. The molecular formula is C22H17FN8. The van der Waals surface area contributed by atoms with Crippen LogP contribution in [-0.2, 0) is 0 Å². The molecule has 1 unspecified atom stereocenters. The van der Waals surface area contributed by atoms with Crippen LogP contribution in [0.1, 0.15) is 28.3 Å². The number of halogens is 1. The number of aryl methyl sites for hydroxylation is 1. The molecule has 152 valence electrons. The molecule has 8 nitrogen and oxygen atoms in total. The van der Waals surface area contributed by atoms with Crippen molar-refractivity contribution in [3.63, 3.8) is 0 Å². The van der Waals surface area contributed by atoms with Crippen molar-refractivity contribution in [3.8, 4) is 23.4 Å². The number of hydrogen-bond acceptors (Lipinski definition) is 8. The van der Waals surface area contributed by atoms with E-state index in [2.05, 4.69) is 20.6 Å². The fraction of sp³-hybridized carbons (Fsp3) is 0.0909. The largest absolute Gasteiger partial charge is 0.397 e. The first kappa shape index (κ1) is 19.7. The maximum atomic E-state index is 13.9. The molecule has 9 heteroatoms. The normalized spacial score (nSPS) is 14.5. The molecule has 3 aromatic rings. The number of nitrogens with zero attached hydrogens (tertiary/aromatic N) is 4. The van der Waals surface area contributed by atoms with E-state index >= 15 is 0 Å². The Labute approximate surface area is 177 Å². The summed E-state index contributed by atoms with van der Waals surface area (Å²) >= 11 is 0. The van der Waals surface area contributed by atoms with Crippen LogP contribution in [0.5, 0.6) is 0 Å². The van der Waals surface area contributed by atoms with Crippen LogP contribution in [0.4, 0.5) is 21.7 Å². The molecule has 2 heterocycles. The molecule has 0 spiro atoms. The van der Waals surface area contributed by atoms with Crippen molar-refractivity contribution in [1.29, 1.82) is 10.5 Å². The molecule has 0 amide bonds. The summed E-state index contributed by atoms with van der Waals surface area (Å²) in [5, 5.41) is 23.8. The van der Waals surface area contributed by atoms with Crippen LogP contribution in [0.25, 0.3) is 11.1 Å². The van der Waals surface area contributed by atoms with E-state index in [1.807, 2.05) is 43.5 Å². The second-order valence-electron chi connectivity index (χ2n) is 6.99. The van der Waals surface area contributed by atoms with E-state index in [0.29, 0.717) is 11.4 Å². The summed E-state index contributed by atoms with van der Waals surface area (Å²) in [5.74, 6) is 0.120. The third-order valence-corrected chi connectivity index (χ3v) is 5.07. The van der Waals surface area contributed by atoms with E-state index in [1.54, 1.807) is 6.07 Å². The van der Waals surface area contributed by atoms with Gasteiger partial charge in [-0.25, -0.2) is 14.4 Å². The fourth-order valence-corrected chi connectivity index (χ4v) is 3.60. The average molecular weight is 412 g/mol. The van der Waals surface area contributed by atoms with Gasteiger partial charge in [0.15, 0.2) is 6.19 Å². The smallest absolute Gasteiger partial charge is 0.211 e. The topological polar surface area (TPSA) is 149 Å². The van der Waals surface area contributed by atoms with Crippen molar-refractivity contribution < 1.29 is 4.39 Å². The van der Waals surface area contributed by atoms with Gasteiger partial charge in [-0.1, -0.05) is 24.3 Å². The molecule has 1 aliphatic heterocycles. The summed E-state index contributed by atoms with van der Waals surface area (Å²) in [6.45, 7) is 1.90. The van der Waals surface area contributed by atoms with Crippen molar-refractivity contribution in [2.75, 3.05) is 16.8 Å². The number of aromatic nitrogens is 1. The van der Waals surface area contributed by atoms with E-state index in [9.17, 15) is 9.65 Å². The van der Waals surface area contributed by atoms with E-state index in [1.165, 1.54) is 12.1 Å². The lowest BCUT2D eigenvalue weighted by Gasteiger charge is -2.26. The van der Waals surface area contributed by atoms with E-state index in [4.69, 9.17) is 16.7 Å². The molecular weight excluding hydrogens is 395 g/mol. The number of aliphatic imine (C=N–C) groups is 1. The number of rotatable bonds is 2. The van der Waals surface area contributed by atoms with Gasteiger partial charge in [0.05, 0.1) is 5.69 Å². The Bertz CT molecular complexity index is 1320. The minimum atomic E-state index is -0.666. The summed E-state index contributed by atoms with van der Waals surface area (Å²) in [6.07, 6.45) is 1.82. The van der Waals surface area contributed by atoms with Crippen LogP contribution in [-0.4, -0.2) is 10.9 Å². The Morgan fingerprint density at radius 3 is 2.71 bits per heavy atom. The summed E-state index contributed by atoms with van der Waals surface area (Å²) in [4.78, 5) is 8.80. The van der Waals surface area contributed by atoms with Gasteiger partial charge in [-0.2, -0.15) is 10.5 Å². The Morgan fingerprint density at radius 1 is 1.16 bits per heavy atom. The van der Waals surface area contributed by atoms with Crippen molar-refractivity contribution >= 4 is 23.3 Å². The van der Waals surface area contributed by atoms with Crippen LogP contribution >= 0.6 is 0 Å². The van der Waals surface area contributed by atoms with Gasteiger partial charge in [0.2, 0.25) is 5.96 Å². The zero-order chi connectivity index (χ0) is 22.1. The summed E-state index contributed by atoms with van der Waals surface area (Å²) in [7, 11) is 0.